The van der Waals surface area contributed by atoms with Crippen LogP contribution in [0, 0.1) is 40.4 Å². The topological polar surface area (TPSA) is 186 Å². The van der Waals surface area contributed by atoms with Gasteiger partial charge in [0, 0.05) is 18.3 Å². The number of hydrogen-bond acceptors (Lipinski definition) is 11. The fraction of sp³-hybridized carbons (Fsp3) is 0.912. The molecule has 0 unspecified atom stereocenters. The summed E-state index contributed by atoms with van der Waals surface area (Å²) in [7, 11) is 0. The van der Waals surface area contributed by atoms with Gasteiger partial charge in [0.15, 0.2) is 11.9 Å². The molecule has 17 atom stereocenters. The van der Waals surface area contributed by atoms with Gasteiger partial charge in [0.1, 0.15) is 36.1 Å². The summed E-state index contributed by atoms with van der Waals surface area (Å²) in [5, 5.41) is 73.7. The summed E-state index contributed by atoms with van der Waals surface area (Å²) in [6, 6.07) is 0. The van der Waals surface area contributed by atoms with E-state index in [0.717, 1.165) is 37.7 Å². The molecule has 11 nitrogen and oxygen atoms in total. The van der Waals surface area contributed by atoms with E-state index in [1.54, 1.807) is 0 Å². The molecule has 0 spiro atoms. The van der Waals surface area contributed by atoms with Crippen molar-refractivity contribution in [2.45, 2.75) is 146 Å². The van der Waals surface area contributed by atoms with Crippen molar-refractivity contribution in [3.05, 3.63) is 11.6 Å². The quantitative estimate of drug-likeness (QED) is 0.169. The van der Waals surface area contributed by atoms with Crippen LogP contribution in [0.1, 0.15) is 86.0 Å². The summed E-state index contributed by atoms with van der Waals surface area (Å²) in [6.07, 6.45) is -0.0832. The number of cyclic esters (lactones) is 1. The molecule has 256 valence electrons. The first-order valence-corrected chi connectivity index (χ1v) is 17.0. The number of esters is 1. The second-order valence-corrected chi connectivity index (χ2v) is 16.1. The van der Waals surface area contributed by atoms with Gasteiger partial charge in [-0.15, -0.1) is 0 Å². The number of ether oxygens (including phenoxy) is 3. The van der Waals surface area contributed by atoms with Gasteiger partial charge in [0.2, 0.25) is 0 Å². The Balaban J connectivity index is 1.17. The molecule has 45 heavy (non-hydrogen) atoms. The van der Waals surface area contributed by atoms with Crippen LogP contribution in [0.2, 0.25) is 0 Å². The van der Waals surface area contributed by atoms with E-state index in [-0.39, 0.29) is 23.7 Å². The molecular formula is C34H54O11. The minimum Gasteiger partial charge on any atom is -0.460 e. The van der Waals surface area contributed by atoms with Crippen molar-refractivity contribution in [3.8, 4) is 0 Å². The largest absolute Gasteiger partial charge is 0.460 e. The molecule has 0 radical (unpaired) electrons. The fourth-order valence-corrected chi connectivity index (χ4v) is 10.7. The molecule has 0 aromatic rings. The molecule has 2 aliphatic heterocycles. The molecule has 0 aromatic carbocycles. The van der Waals surface area contributed by atoms with Crippen molar-refractivity contribution in [1.29, 1.82) is 0 Å². The van der Waals surface area contributed by atoms with Crippen molar-refractivity contribution >= 4 is 5.97 Å². The van der Waals surface area contributed by atoms with Gasteiger partial charge < -0.3 is 50.0 Å². The fourth-order valence-electron chi connectivity index (χ4n) is 10.7. The van der Waals surface area contributed by atoms with E-state index in [2.05, 4.69) is 26.8 Å². The number of fused-ring (bicyclic) bond motifs is 5. The van der Waals surface area contributed by atoms with Gasteiger partial charge in [0.25, 0.3) is 0 Å². The number of rotatable bonds is 5. The first-order chi connectivity index (χ1) is 21.0. The zero-order chi connectivity index (χ0) is 32.9. The van der Waals surface area contributed by atoms with Gasteiger partial charge in [-0.2, -0.15) is 0 Å². The summed E-state index contributed by atoms with van der Waals surface area (Å²) in [4.78, 5) is 12.7. The summed E-state index contributed by atoms with van der Waals surface area (Å²) in [5.41, 5.74) is -2.77. The maximum Gasteiger partial charge on any atom is 0.341 e. The molecular weight excluding hydrogens is 584 g/mol. The van der Waals surface area contributed by atoms with Crippen molar-refractivity contribution in [2.75, 3.05) is 6.61 Å². The van der Waals surface area contributed by atoms with Crippen LogP contribution >= 0.6 is 0 Å². The van der Waals surface area contributed by atoms with E-state index >= 15 is 0 Å². The summed E-state index contributed by atoms with van der Waals surface area (Å²) < 4.78 is 17.4. The zero-order valence-corrected chi connectivity index (χ0v) is 27.2. The number of hydrogen-bond donors (Lipinski definition) is 7. The highest BCUT2D eigenvalue weighted by molar-refractivity contribution is 5.81. The van der Waals surface area contributed by atoms with Crippen molar-refractivity contribution in [3.63, 3.8) is 0 Å². The molecule has 2 heterocycles. The molecule has 5 fully saturated rings. The minimum absolute atomic E-state index is 0.0222. The Hall–Kier alpha value is -1.15. The molecule has 6 aliphatic rings. The highest BCUT2D eigenvalue weighted by Gasteiger charge is 2.63. The summed E-state index contributed by atoms with van der Waals surface area (Å²) in [5.74, 6) is 0.675. The average Bonchev–Trinajstić information content (AvgIpc) is 3.33. The van der Waals surface area contributed by atoms with E-state index < -0.39 is 78.2 Å². The molecule has 7 N–H and O–H groups in total. The Bertz CT molecular complexity index is 1170. The predicted octanol–water partition coefficient (Wildman–Crippen LogP) is 1.17. The molecule has 2 saturated heterocycles. The first kappa shape index (κ1) is 33.7. The van der Waals surface area contributed by atoms with Crippen LogP contribution in [0.25, 0.3) is 0 Å². The Labute approximate surface area is 265 Å². The Morgan fingerprint density at radius 2 is 1.71 bits per heavy atom. The predicted molar refractivity (Wildman–Crippen MR) is 160 cm³/mol. The van der Waals surface area contributed by atoms with Crippen LogP contribution in [0.4, 0.5) is 0 Å². The molecule has 11 heteroatoms. The van der Waals surface area contributed by atoms with Gasteiger partial charge in [-0.1, -0.05) is 32.4 Å². The average molecular weight is 639 g/mol. The highest BCUT2D eigenvalue weighted by atomic mass is 16.7. The normalized spacial score (nSPS) is 55.6. The van der Waals surface area contributed by atoms with Crippen molar-refractivity contribution in [2.24, 2.45) is 40.4 Å². The third kappa shape index (κ3) is 5.06. The molecule has 0 amide bonds. The van der Waals surface area contributed by atoms with E-state index in [1.165, 1.54) is 13.8 Å². The van der Waals surface area contributed by atoms with Crippen LogP contribution in [-0.2, 0) is 19.0 Å². The maximum atomic E-state index is 12.7. The van der Waals surface area contributed by atoms with Crippen LogP contribution in [0.5, 0.6) is 0 Å². The lowest BCUT2D eigenvalue weighted by Gasteiger charge is -2.60. The van der Waals surface area contributed by atoms with Gasteiger partial charge in [-0.05, 0) is 87.4 Å². The standard InChI is InChI=1S/C34H54O11/c1-16(23-14-32(3,41)34(5,42)30(40)45-23)20-8-9-21-19-7-6-17-12-18(43-29-28(39)27(38)26(37)24(15-35)44-29)13-25(36)33(17,4)22(19)10-11-31(20,21)2/h6,16,18-29,35-39,41-42H,7-15H2,1-5H3/t16-,18+,19-,20+,21-,22-,23+,24+,25-,26+,27-,28+,29+,31+,32-,33-,34+/m0/s1. The molecule has 3 saturated carbocycles. The van der Waals surface area contributed by atoms with E-state index in [4.69, 9.17) is 14.2 Å². The van der Waals surface area contributed by atoms with Gasteiger partial charge in [-0.3, -0.25) is 0 Å². The summed E-state index contributed by atoms with van der Waals surface area (Å²) >= 11 is 0. The third-order valence-electron chi connectivity index (χ3n) is 13.9. The lowest BCUT2D eigenvalue weighted by molar-refractivity contribution is -0.315. The van der Waals surface area contributed by atoms with Crippen LogP contribution in [-0.4, -0.2) is 109 Å². The van der Waals surface area contributed by atoms with Crippen LogP contribution < -0.4 is 0 Å². The number of carbonyl (C=O) groups excluding carboxylic acids is 1. The molecule has 0 aromatic heterocycles. The minimum atomic E-state index is -1.94. The van der Waals surface area contributed by atoms with Crippen molar-refractivity contribution in [1.82, 2.24) is 0 Å². The second kappa shape index (κ2) is 11.5. The SMILES string of the molecule is C[C@@H]([C@H]1CC[C@H]2[C@@H]3CC=C4C[C@@H](O[C@@H]5O[C@H](CO)[C@@H](O)[C@H](O)[C@H]5O)C[C@H](O)[C@]4(C)[C@H]3CC[C@]12C)[C@H]1C[C@](C)(O)[C@](C)(O)C(=O)O1. The van der Waals surface area contributed by atoms with Gasteiger partial charge in [0.05, 0.1) is 18.8 Å². The number of aliphatic hydroxyl groups is 7. The van der Waals surface area contributed by atoms with E-state index in [1.807, 2.05) is 0 Å². The third-order valence-corrected chi connectivity index (χ3v) is 13.9. The van der Waals surface area contributed by atoms with Gasteiger partial charge in [-0.25, -0.2) is 4.79 Å². The van der Waals surface area contributed by atoms with E-state index in [0.29, 0.717) is 30.6 Å². The Morgan fingerprint density at radius 3 is 2.38 bits per heavy atom. The van der Waals surface area contributed by atoms with E-state index in [9.17, 15) is 40.5 Å². The smallest absolute Gasteiger partial charge is 0.341 e. The monoisotopic (exact) mass is 638 g/mol. The lowest BCUT2D eigenvalue weighted by Crippen LogP contribution is -2.63. The molecule has 4 aliphatic carbocycles. The number of carbonyl (C=O) groups is 1. The molecule has 6 rings (SSSR count). The van der Waals surface area contributed by atoms with Gasteiger partial charge >= 0.3 is 5.97 Å². The molecule has 0 bridgehead atoms. The lowest BCUT2D eigenvalue weighted by atomic mass is 9.46. The first-order valence-electron chi connectivity index (χ1n) is 17.0. The highest BCUT2D eigenvalue weighted by Crippen LogP contribution is 2.67. The van der Waals surface area contributed by atoms with Crippen LogP contribution in [0.3, 0.4) is 0 Å². The second-order valence-electron chi connectivity index (χ2n) is 16.1. The Morgan fingerprint density at radius 1 is 1.00 bits per heavy atom. The number of aliphatic hydroxyl groups excluding tert-OH is 5. The maximum absolute atomic E-state index is 12.7. The summed E-state index contributed by atoms with van der Waals surface area (Å²) in [6.45, 7) is 8.98. The number of allylic oxidation sites excluding steroid dienone is 1. The Kier molecular flexibility index (Phi) is 8.61. The zero-order valence-electron chi connectivity index (χ0n) is 27.2. The van der Waals surface area contributed by atoms with Crippen molar-refractivity contribution < 1.29 is 54.8 Å². The van der Waals surface area contributed by atoms with Crippen LogP contribution in [0.15, 0.2) is 11.6 Å².